The van der Waals surface area contributed by atoms with Crippen molar-refractivity contribution in [3.8, 4) is 11.5 Å². The molecule has 1 aliphatic rings. The SMILES string of the molecule is CCOc1ccc(C(=O)N2CCCCCCC2)cc1OCC. The average molecular weight is 305 g/mol. The number of likely N-dealkylation sites (tertiary alicyclic amines) is 1. The Kier molecular flexibility index (Phi) is 6.56. The van der Waals surface area contributed by atoms with Gasteiger partial charge >= 0.3 is 0 Å². The van der Waals surface area contributed by atoms with Gasteiger partial charge < -0.3 is 14.4 Å². The molecular formula is C18H27NO3. The number of hydrogen-bond donors (Lipinski definition) is 0. The second kappa shape index (κ2) is 8.66. The van der Waals surface area contributed by atoms with Crippen molar-refractivity contribution in [3.05, 3.63) is 23.8 Å². The molecule has 0 aromatic heterocycles. The van der Waals surface area contributed by atoms with Crippen LogP contribution in [0.5, 0.6) is 11.5 Å². The average Bonchev–Trinajstić information content (AvgIpc) is 2.48. The zero-order valence-corrected chi connectivity index (χ0v) is 13.8. The molecule has 0 spiro atoms. The molecule has 0 saturated carbocycles. The fourth-order valence-corrected chi connectivity index (χ4v) is 2.82. The summed E-state index contributed by atoms with van der Waals surface area (Å²) in [5.74, 6) is 1.46. The Morgan fingerprint density at radius 1 is 0.955 bits per heavy atom. The summed E-state index contributed by atoms with van der Waals surface area (Å²) in [5.41, 5.74) is 0.687. The van der Waals surface area contributed by atoms with E-state index in [1.807, 2.05) is 36.9 Å². The van der Waals surface area contributed by atoms with E-state index in [1.165, 1.54) is 19.3 Å². The van der Waals surface area contributed by atoms with Crippen molar-refractivity contribution < 1.29 is 14.3 Å². The topological polar surface area (TPSA) is 38.8 Å². The maximum Gasteiger partial charge on any atom is 0.253 e. The van der Waals surface area contributed by atoms with Crippen molar-refractivity contribution in [1.29, 1.82) is 0 Å². The first-order valence-electron chi connectivity index (χ1n) is 8.45. The van der Waals surface area contributed by atoms with E-state index < -0.39 is 0 Å². The molecule has 0 aliphatic carbocycles. The van der Waals surface area contributed by atoms with Crippen LogP contribution in [0.4, 0.5) is 0 Å². The van der Waals surface area contributed by atoms with Crippen LogP contribution in [0, 0.1) is 0 Å². The van der Waals surface area contributed by atoms with Gasteiger partial charge in [-0.15, -0.1) is 0 Å². The molecule has 0 atom stereocenters. The van der Waals surface area contributed by atoms with Crippen molar-refractivity contribution in [2.45, 2.75) is 46.0 Å². The number of nitrogens with zero attached hydrogens (tertiary/aromatic N) is 1. The van der Waals surface area contributed by atoms with Crippen LogP contribution in [0.15, 0.2) is 18.2 Å². The van der Waals surface area contributed by atoms with E-state index in [1.54, 1.807) is 0 Å². The summed E-state index contributed by atoms with van der Waals surface area (Å²) in [6.07, 6.45) is 5.93. The molecular weight excluding hydrogens is 278 g/mol. The predicted molar refractivity (Wildman–Crippen MR) is 87.8 cm³/mol. The van der Waals surface area contributed by atoms with Gasteiger partial charge in [-0.3, -0.25) is 4.79 Å². The Morgan fingerprint density at radius 3 is 2.18 bits per heavy atom. The van der Waals surface area contributed by atoms with E-state index in [0.29, 0.717) is 30.3 Å². The molecule has 1 aromatic carbocycles. The summed E-state index contributed by atoms with van der Waals surface area (Å²) in [6.45, 7) is 6.73. The fraction of sp³-hybridized carbons (Fsp3) is 0.611. The standard InChI is InChI=1S/C18H27NO3/c1-3-21-16-11-10-15(14-17(16)22-4-2)18(20)19-12-8-6-5-7-9-13-19/h10-11,14H,3-9,12-13H2,1-2H3. The van der Waals surface area contributed by atoms with Crippen molar-refractivity contribution in [1.82, 2.24) is 4.90 Å². The summed E-state index contributed by atoms with van der Waals surface area (Å²) < 4.78 is 11.2. The molecule has 4 heteroatoms. The van der Waals surface area contributed by atoms with Crippen molar-refractivity contribution in [3.63, 3.8) is 0 Å². The Hall–Kier alpha value is -1.71. The van der Waals surface area contributed by atoms with Crippen molar-refractivity contribution >= 4 is 5.91 Å². The summed E-state index contributed by atoms with van der Waals surface area (Å²) in [5, 5.41) is 0. The highest BCUT2D eigenvalue weighted by molar-refractivity contribution is 5.95. The minimum Gasteiger partial charge on any atom is -0.490 e. The van der Waals surface area contributed by atoms with Gasteiger partial charge in [0.25, 0.3) is 5.91 Å². The van der Waals surface area contributed by atoms with Crippen LogP contribution in [-0.4, -0.2) is 37.1 Å². The number of rotatable bonds is 5. The van der Waals surface area contributed by atoms with Gasteiger partial charge in [-0.2, -0.15) is 0 Å². The Labute approximate surface area is 133 Å². The lowest BCUT2D eigenvalue weighted by atomic mass is 10.1. The summed E-state index contributed by atoms with van der Waals surface area (Å²) in [6, 6.07) is 5.50. The van der Waals surface area contributed by atoms with Gasteiger partial charge in [-0.1, -0.05) is 19.3 Å². The molecule has 1 aliphatic heterocycles. The molecule has 1 heterocycles. The van der Waals surface area contributed by atoms with E-state index in [2.05, 4.69) is 0 Å². The minimum atomic E-state index is 0.103. The zero-order chi connectivity index (χ0) is 15.8. The molecule has 4 nitrogen and oxygen atoms in total. The number of carbonyl (C=O) groups is 1. The van der Waals surface area contributed by atoms with Crippen LogP contribution >= 0.6 is 0 Å². The number of amides is 1. The summed E-state index contributed by atoms with van der Waals surface area (Å²) in [7, 11) is 0. The normalized spacial score (nSPS) is 15.8. The first-order chi connectivity index (χ1) is 10.8. The van der Waals surface area contributed by atoms with E-state index >= 15 is 0 Å². The lowest BCUT2D eigenvalue weighted by Gasteiger charge is -2.25. The highest BCUT2D eigenvalue weighted by Crippen LogP contribution is 2.29. The Morgan fingerprint density at radius 2 is 1.55 bits per heavy atom. The third-order valence-corrected chi connectivity index (χ3v) is 3.93. The maximum absolute atomic E-state index is 12.7. The molecule has 1 amide bonds. The van der Waals surface area contributed by atoms with Crippen LogP contribution in [-0.2, 0) is 0 Å². The second-order valence-electron chi connectivity index (χ2n) is 5.59. The molecule has 1 saturated heterocycles. The van der Waals surface area contributed by atoms with E-state index in [9.17, 15) is 4.79 Å². The van der Waals surface area contributed by atoms with Gasteiger partial charge in [0.2, 0.25) is 0 Å². The first-order valence-corrected chi connectivity index (χ1v) is 8.45. The van der Waals surface area contributed by atoms with Crippen molar-refractivity contribution in [2.75, 3.05) is 26.3 Å². The largest absolute Gasteiger partial charge is 0.490 e. The predicted octanol–water partition coefficient (Wildman–Crippen LogP) is 3.89. The number of benzene rings is 1. The first kappa shape index (κ1) is 16.7. The monoisotopic (exact) mass is 305 g/mol. The molecule has 1 aromatic rings. The lowest BCUT2D eigenvalue weighted by Crippen LogP contribution is -2.33. The molecule has 0 unspecified atom stereocenters. The molecule has 0 bridgehead atoms. The van der Waals surface area contributed by atoms with Crippen LogP contribution in [0.25, 0.3) is 0 Å². The van der Waals surface area contributed by atoms with E-state index in [4.69, 9.17) is 9.47 Å². The minimum absolute atomic E-state index is 0.103. The quantitative estimate of drug-likeness (QED) is 0.828. The number of carbonyl (C=O) groups excluding carboxylic acids is 1. The van der Waals surface area contributed by atoms with Crippen molar-refractivity contribution in [2.24, 2.45) is 0 Å². The number of hydrogen-bond acceptors (Lipinski definition) is 3. The van der Waals surface area contributed by atoms with Gasteiger partial charge in [-0.25, -0.2) is 0 Å². The summed E-state index contributed by atoms with van der Waals surface area (Å²) in [4.78, 5) is 14.7. The zero-order valence-electron chi connectivity index (χ0n) is 13.8. The molecule has 1 fully saturated rings. The summed E-state index contributed by atoms with van der Waals surface area (Å²) >= 11 is 0. The molecule has 0 radical (unpaired) electrons. The highest BCUT2D eigenvalue weighted by atomic mass is 16.5. The maximum atomic E-state index is 12.7. The lowest BCUT2D eigenvalue weighted by molar-refractivity contribution is 0.0742. The van der Waals surface area contributed by atoms with Gasteiger partial charge in [0.1, 0.15) is 0 Å². The molecule has 2 rings (SSSR count). The van der Waals surface area contributed by atoms with Crippen LogP contribution < -0.4 is 9.47 Å². The van der Waals surface area contributed by atoms with Gasteiger partial charge in [0, 0.05) is 18.7 Å². The van der Waals surface area contributed by atoms with Gasteiger partial charge in [0.15, 0.2) is 11.5 Å². The fourth-order valence-electron chi connectivity index (χ4n) is 2.82. The van der Waals surface area contributed by atoms with E-state index in [0.717, 1.165) is 25.9 Å². The van der Waals surface area contributed by atoms with Gasteiger partial charge in [-0.05, 0) is 44.9 Å². The third-order valence-electron chi connectivity index (χ3n) is 3.93. The Balaban J connectivity index is 2.15. The van der Waals surface area contributed by atoms with E-state index in [-0.39, 0.29) is 5.91 Å². The van der Waals surface area contributed by atoms with Crippen LogP contribution in [0.2, 0.25) is 0 Å². The number of ether oxygens (including phenoxy) is 2. The molecule has 0 N–H and O–H groups in total. The second-order valence-corrected chi connectivity index (χ2v) is 5.59. The third kappa shape index (κ3) is 4.39. The van der Waals surface area contributed by atoms with Gasteiger partial charge in [0.05, 0.1) is 13.2 Å². The van der Waals surface area contributed by atoms with Crippen LogP contribution in [0.1, 0.15) is 56.3 Å². The molecule has 22 heavy (non-hydrogen) atoms. The molecule has 122 valence electrons. The smallest absolute Gasteiger partial charge is 0.253 e. The van der Waals surface area contributed by atoms with Crippen LogP contribution in [0.3, 0.4) is 0 Å². The Bertz CT molecular complexity index is 479. The highest BCUT2D eigenvalue weighted by Gasteiger charge is 2.18.